The number of carbonyl (C=O) groups is 1. The molecule has 3 heterocycles. The number of ether oxygens (including phenoxy) is 2. The number of benzene rings is 1. The highest BCUT2D eigenvalue weighted by atomic mass is 16.5. The summed E-state index contributed by atoms with van der Waals surface area (Å²) >= 11 is 0. The van der Waals surface area contributed by atoms with Crippen LogP contribution in [0.3, 0.4) is 0 Å². The first-order valence-electron chi connectivity index (χ1n) is 8.92. The van der Waals surface area contributed by atoms with Crippen molar-refractivity contribution in [2.45, 2.75) is 12.8 Å². The van der Waals surface area contributed by atoms with Gasteiger partial charge in [0.1, 0.15) is 0 Å². The molecule has 0 saturated carbocycles. The molecule has 2 saturated heterocycles. The van der Waals surface area contributed by atoms with E-state index in [1.807, 2.05) is 36.2 Å². The lowest BCUT2D eigenvalue weighted by Gasteiger charge is -2.37. The van der Waals surface area contributed by atoms with Crippen LogP contribution in [0.15, 0.2) is 24.3 Å². The van der Waals surface area contributed by atoms with Crippen molar-refractivity contribution >= 4 is 16.8 Å². The highest BCUT2D eigenvalue weighted by Crippen LogP contribution is 2.44. The molecule has 1 unspecified atom stereocenters. The Bertz CT molecular complexity index is 779. The molecule has 0 aliphatic carbocycles. The number of fused-ring (bicyclic) bond motifs is 1. The second-order valence-electron chi connectivity index (χ2n) is 7.30. The van der Waals surface area contributed by atoms with E-state index in [0.717, 1.165) is 50.0 Å². The maximum Gasteiger partial charge on any atom is 0.275 e. The van der Waals surface area contributed by atoms with Crippen LogP contribution in [0.1, 0.15) is 23.3 Å². The van der Waals surface area contributed by atoms with Gasteiger partial charge >= 0.3 is 0 Å². The predicted octanol–water partition coefficient (Wildman–Crippen LogP) is 2.09. The Kier molecular flexibility index (Phi) is 4.25. The third-order valence-corrected chi connectivity index (χ3v) is 5.92. The first-order chi connectivity index (χ1) is 12.1. The van der Waals surface area contributed by atoms with Gasteiger partial charge in [-0.1, -0.05) is 18.2 Å². The molecule has 6 nitrogen and oxygen atoms in total. The summed E-state index contributed by atoms with van der Waals surface area (Å²) in [6.07, 6.45) is 1.99. The van der Waals surface area contributed by atoms with Crippen LogP contribution >= 0.6 is 0 Å². The summed E-state index contributed by atoms with van der Waals surface area (Å²) in [7, 11) is 3.63. The van der Waals surface area contributed by atoms with E-state index in [9.17, 15) is 4.79 Å². The lowest BCUT2D eigenvalue weighted by Crippen LogP contribution is -2.39. The number of para-hydroxylation sites is 1. The van der Waals surface area contributed by atoms with Gasteiger partial charge < -0.3 is 14.4 Å². The maximum absolute atomic E-state index is 13.2. The van der Waals surface area contributed by atoms with E-state index in [2.05, 4.69) is 5.10 Å². The van der Waals surface area contributed by atoms with E-state index >= 15 is 0 Å². The zero-order valence-electron chi connectivity index (χ0n) is 14.9. The van der Waals surface area contributed by atoms with Crippen LogP contribution in [-0.2, 0) is 16.5 Å². The number of methoxy groups -OCH3 is 1. The van der Waals surface area contributed by atoms with Crippen LogP contribution in [-0.4, -0.2) is 60.6 Å². The van der Waals surface area contributed by atoms with E-state index in [0.29, 0.717) is 18.2 Å². The van der Waals surface area contributed by atoms with Crippen LogP contribution in [0, 0.1) is 11.3 Å². The van der Waals surface area contributed by atoms with E-state index in [1.165, 1.54) is 0 Å². The fraction of sp³-hybridized carbons (Fsp3) is 0.579. The second kappa shape index (κ2) is 6.42. The molecule has 2 aliphatic heterocycles. The van der Waals surface area contributed by atoms with Crippen molar-refractivity contribution in [3.63, 3.8) is 0 Å². The smallest absolute Gasteiger partial charge is 0.275 e. The van der Waals surface area contributed by atoms with Gasteiger partial charge in [-0.15, -0.1) is 0 Å². The zero-order chi connectivity index (χ0) is 17.4. The van der Waals surface area contributed by atoms with Gasteiger partial charge in [-0.2, -0.15) is 5.10 Å². The molecule has 0 N–H and O–H groups in total. The minimum Gasteiger partial charge on any atom is -0.384 e. The summed E-state index contributed by atoms with van der Waals surface area (Å²) in [6, 6.07) is 7.90. The highest BCUT2D eigenvalue weighted by molar-refractivity contribution is 6.05. The average molecular weight is 343 g/mol. The standard InChI is InChI=1S/C19H25N3O3/c1-21-16-6-4-3-5-15(16)17(20-21)18(23)22-11-14(12-24-2)19(13-22)7-9-25-10-8-19/h3-6,14H,7-13H2,1-2H3. The molecule has 0 radical (unpaired) electrons. The van der Waals surface area contributed by atoms with Crippen LogP contribution in [0.25, 0.3) is 10.9 Å². The molecule has 2 aliphatic rings. The molecule has 1 aromatic heterocycles. The molecular weight excluding hydrogens is 318 g/mol. The van der Waals surface area contributed by atoms with E-state index in [1.54, 1.807) is 11.8 Å². The molecule has 25 heavy (non-hydrogen) atoms. The number of nitrogens with zero attached hydrogens (tertiary/aromatic N) is 3. The third kappa shape index (κ3) is 2.73. The maximum atomic E-state index is 13.2. The Morgan fingerprint density at radius 3 is 2.88 bits per heavy atom. The number of rotatable bonds is 3. The number of hydrogen-bond donors (Lipinski definition) is 0. The lowest BCUT2D eigenvalue weighted by atomic mass is 9.72. The van der Waals surface area contributed by atoms with Crippen LogP contribution in [0.2, 0.25) is 0 Å². The van der Waals surface area contributed by atoms with Crippen molar-refractivity contribution in [3.05, 3.63) is 30.0 Å². The molecule has 2 aromatic rings. The average Bonchev–Trinajstić information content (AvgIpc) is 3.15. The topological polar surface area (TPSA) is 56.6 Å². The predicted molar refractivity (Wildman–Crippen MR) is 94.5 cm³/mol. The molecule has 6 heteroatoms. The molecule has 4 rings (SSSR count). The minimum atomic E-state index is 0.0290. The summed E-state index contributed by atoms with van der Waals surface area (Å²) in [6.45, 7) is 3.74. The fourth-order valence-electron chi connectivity index (χ4n) is 4.48. The van der Waals surface area contributed by atoms with Crippen molar-refractivity contribution < 1.29 is 14.3 Å². The number of aryl methyl sites for hydroxylation is 1. The van der Waals surface area contributed by atoms with E-state index < -0.39 is 0 Å². The summed E-state index contributed by atoms with van der Waals surface area (Å²) in [5.74, 6) is 0.390. The molecule has 1 spiro atoms. The van der Waals surface area contributed by atoms with Gasteiger partial charge in [-0.3, -0.25) is 9.48 Å². The Hall–Kier alpha value is -1.92. The largest absolute Gasteiger partial charge is 0.384 e. The molecule has 1 aromatic carbocycles. The van der Waals surface area contributed by atoms with Crippen molar-refractivity contribution in [1.82, 2.24) is 14.7 Å². The highest BCUT2D eigenvalue weighted by Gasteiger charge is 2.48. The Balaban J connectivity index is 1.64. The van der Waals surface area contributed by atoms with Gasteiger partial charge in [0, 0.05) is 51.8 Å². The molecule has 2 fully saturated rings. The Labute approximate surface area is 147 Å². The van der Waals surface area contributed by atoms with Gasteiger partial charge in [0.25, 0.3) is 5.91 Å². The number of hydrogen-bond acceptors (Lipinski definition) is 4. The van der Waals surface area contributed by atoms with E-state index in [-0.39, 0.29) is 11.3 Å². The molecular formula is C19H25N3O3. The van der Waals surface area contributed by atoms with Crippen LogP contribution in [0.4, 0.5) is 0 Å². The van der Waals surface area contributed by atoms with Gasteiger partial charge in [-0.25, -0.2) is 0 Å². The first kappa shape index (κ1) is 16.5. The number of aromatic nitrogens is 2. The fourth-order valence-corrected chi connectivity index (χ4v) is 4.48. The summed E-state index contributed by atoms with van der Waals surface area (Å²) in [5.41, 5.74) is 1.66. The summed E-state index contributed by atoms with van der Waals surface area (Å²) < 4.78 is 12.8. The minimum absolute atomic E-state index is 0.0290. The van der Waals surface area contributed by atoms with Crippen LogP contribution in [0.5, 0.6) is 0 Å². The molecule has 1 amide bonds. The Morgan fingerprint density at radius 1 is 1.36 bits per heavy atom. The summed E-state index contributed by atoms with van der Waals surface area (Å²) in [4.78, 5) is 15.2. The Morgan fingerprint density at radius 2 is 2.12 bits per heavy atom. The normalized spacial score (nSPS) is 22.8. The van der Waals surface area contributed by atoms with Crippen LogP contribution < -0.4 is 0 Å². The summed E-state index contributed by atoms with van der Waals surface area (Å²) in [5, 5.41) is 5.43. The molecule has 134 valence electrons. The molecule has 1 atom stereocenters. The SMILES string of the molecule is COCC1CN(C(=O)c2nn(C)c3ccccc23)CC12CCOCC2. The first-order valence-corrected chi connectivity index (χ1v) is 8.92. The van der Waals surface area contributed by atoms with Gasteiger partial charge in [0.15, 0.2) is 5.69 Å². The lowest BCUT2D eigenvalue weighted by molar-refractivity contribution is -0.0169. The third-order valence-electron chi connectivity index (χ3n) is 5.92. The van der Waals surface area contributed by atoms with Crippen molar-refractivity contribution in [1.29, 1.82) is 0 Å². The van der Waals surface area contributed by atoms with Crippen molar-refractivity contribution in [3.8, 4) is 0 Å². The number of amides is 1. The van der Waals surface area contributed by atoms with E-state index in [4.69, 9.17) is 9.47 Å². The van der Waals surface area contributed by atoms with Crippen molar-refractivity contribution in [2.24, 2.45) is 18.4 Å². The van der Waals surface area contributed by atoms with Gasteiger partial charge in [0.2, 0.25) is 0 Å². The molecule has 0 bridgehead atoms. The van der Waals surface area contributed by atoms with Gasteiger partial charge in [-0.05, 0) is 24.3 Å². The quantitative estimate of drug-likeness (QED) is 0.856. The number of likely N-dealkylation sites (tertiary alicyclic amines) is 1. The monoisotopic (exact) mass is 343 g/mol. The van der Waals surface area contributed by atoms with Gasteiger partial charge in [0.05, 0.1) is 12.1 Å². The van der Waals surface area contributed by atoms with Crippen molar-refractivity contribution in [2.75, 3.05) is 40.0 Å². The second-order valence-corrected chi connectivity index (χ2v) is 7.30. The zero-order valence-corrected chi connectivity index (χ0v) is 14.9. The number of carbonyl (C=O) groups excluding carboxylic acids is 1.